The number of amides is 1. The van der Waals surface area contributed by atoms with Crippen LogP contribution in [0.3, 0.4) is 0 Å². The Balaban J connectivity index is 1.55. The number of imidazole rings is 1. The van der Waals surface area contributed by atoms with Crippen LogP contribution in [0.25, 0.3) is 11.0 Å². The average molecular weight is 381 g/mol. The van der Waals surface area contributed by atoms with Gasteiger partial charge < -0.3 is 19.8 Å². The van der Waals surface area contributed by atoms with E-state index in [2.05, 4.69) is 29.1 Å². The lowest BCUT2D eigenvalue weighted by Crippen LogP contribution is -2.26. The van der Waals surface area contributed by atoms with E-state index >= 15 is 0 Å². The predicted molar refractivity (Wildman–Crippen MR) is 110 cm³/mol. The number of benzene rings is 2. The molecule has 0 atom stereocenters. The average Bonchev–Trinajstić information content (AvgIpc) is 3.10. The summed E-state index contributed by atoms with van der Waals surface area (Å²) in [5, 5.41) is 2.93. The number of carbonyl (C=O) groups excluding carboxylic acids is 1. The first-order valence-corrected chi connectivity index (χ1v) is 9.59. The summed E-state index contributed by atoms with van der Waals surface area (Å²) in [4.78, 5) is 20.2. The Morgan fingerprint density at radius 3 is 2.75 bits per heavy atom. The Hall–Kier alpha value is -3.02. The third-order valence-electron chi connectivity index (χ3n) is 4.46. The summed E-state index contributed by atoms with van der Waals surface area (Å²) in [7, 11) is 1.58. The highest BCUT2D eigenvalue weighted by molar-refractivity contribution is 5.94. The van der Waals surface area contributed by atoms with Crippen molar-refractivity contribution in [1.82, 2.24) is 15.3 Å². The van der Waals surface area contributed by atoms with E-state index in [0.29, 0.717) is 42.6 Å². The first-order chi connectivity index (χ1) is 13.6. The Morgan fingerprint density at radius 1 is 1.18 bits per heavy atom. The fourth-order valence-electron chi connectivity index (χ4n) is 2.85. The Bertz CT molecular complexity index is 901. The zero-order chi connectivity index (χ0) is 19.9. The topological polar surface area (TPSA) is 76.2 Å². The Labute approximate surface area is 165 Å². The Kier molecular flexibility index (Phi) is 6.53. The van der Waals surface area contributed by atoms with Crippen molar-refractivity contribution in [3.8, 4) is 11.5 Å². The van der Waals surface area contributed by atoms with E-state index in [1.54, 1.807) is 25.3 Å². The van der Waals surface area contributed by atoms with E-state index in [1.165, 1.54) is 0 Å². The molecule has 28 heavy (non-hydrogen) atoms. The monoisotopic (exact) mass is 381 g/mol. The van der Waals surface area contributed by atoms with Crippen molar-refractivity contribution in [1.29, 1.82) is 0 Å². The zero-order valence-electron chi connectivity index (χ0n) is 16.6. The fraction of sp³-hybridized carbons (Fsp3) is 0.364. The molecule has 1 amide bonds. The Morgan fingerprint density at radius 2 is 2.00 bits per heavy atom. The highest BCUT2D eigenvalue weighted by atomic mass is 16.5. The summed E-state index contributed by atoms with van der Waals surface area (Å²) >= 11 is 0. The van der Waals surface area contributed by atoms with Gasteiger partial charge in [0.2, 0.25) is 0 Å². The zero-order valence-corrected chi connectivity index (χ0v) is 16.6. The molecule has 2 N–H and O–H groups in total. The van der Waals surface area contributed by atoms with Gasteiger partial charge in [-0.15, -0.1) is 0 Å². The number of aromatic nitrogens is 2. The van der Waals surface area contributed by atoms with Gasteiger partial charge in [0.25, 0.3) is 5.91 Å². The van der Waals surface area contributed by atoms with Crippen LogP contribution >= 0.6 is 0 Å². The molecule has 148 valence electrons. The smallest absolute Gasteiger partial charge is 0.251 e. The van der Waals surface area contributed by atoms with Crippen LogP contribution in [0.1, 0.15) is 36.5 Å². The molecular weight excluding hydrogens is 354 g/mol. The van der Waals surface area contributed by atoms with Crippen molar-refractivity contribution in [3.05, 3.63) is 53.9 Å². The third kappa shape index (κ3) is 5.03. The second kappa shape index (κ2) is 9.26. The number of para-hydroxylation sites is 2. The highest BCUT2D eigenvalue weighted by Gasteiger charge is 2.12. The quantitative estimate of drug-likeness (QED) is 0.588. The van der Waals surface area contributed by atoms with Crippen LogP contribution in [0, 0.1) is 5.92 Å². The van der Waals surface area contributed by atoms with Crippen LogP contribution < -0.4 is 14.8 Å². The fourth-order valence-corrected chi connectivity index (χ4v) is 2.85. The van der Waals surface area contributed by atoms with E-state index in [9.17, 15) is 4.79 Å². The minimum Gasteiger partial charge on any atom is -0.493 e. The minimum atomic E-state index is -0.150. The van der Waals surface area contributed by atoms with E-state index in [-0.39, 0.29) is 5.91 Å². The number of fused-ring (bicyclic) bond motifs is 1. The van der Waals surface area contributed by atoms with Crippen LogP contribution in [0.2, 0.25) is 0 Å². The number of hydrogen-bond donors (Lipinski definition) is 2. The second-order valence-electron chi connectivity index (χ2n) is 7.10. The molecule has 1 aromatic heterocycles. The van der Waals surface area contributed by atoms with Gasteiger partial charge in [0, 0.05) is 18.5 Å². The van der Waals surface area contributed by atoms with Gasteiger partial charge >= 0.3 is 0 Å². The lowest BCUT2D eigenvalue weighted by molar-refractivity contribution is 0.0953. The molecule has 0 radical (unpaired) electrons. The van der Waals surface area contributed by atoms with E-state index < -0.39 is 0 Å². The van der Waals surface area contributed by atoms with E-state index in [1.807, 2.05) is 24.3 Å². The molecule has 6 heteroatoms. The van der Waals surface area contributed by atoms with Gasteiger partial charge in [0.15, 0.2) is 11.5 Å². The number of hydrogen-bond acceptors (Lipinski definition) is 4. The lowest BCUT2D eigenvalue weighted by atomic mass is 10.1. The van der Waals surface area contributed by atoms with E-state index in [4.69, 9.17) is 9.47 Å². The number of H-pyrrole nitrogens is 1. The maximum absolute atomic E-state index is 12.5. The molecule has 3 rings (SSSR count). The molecule has 0 aliphatic heterocycles. The van der Waals surface area contributed by atoms with Crippen LogP contribution in [0.4, 0.5) is 0 Å². The molecule has 0 aliphatic carbocycles. The maximum Gasteiger partial charge on any atom is 0.251 e. The van der Waals surface area contributed by atoms with Gasteiger partial charge in [-0.3, -0.25) is 4.79 Å². The molecule has 1 heterocycles. The second-order valence-corrected chi connectivity index (χ2v) is 7.10. The molecule has 0 saturated heterocycles. The van der Waals surface area contributed by atoms with Gasteiger partial charge in [0.1, 0.15) is 5.82 Å². The summed E-state index contributed by atoms with van der Waals surface area (Å²) in [6.07, 6.45) is 1.60. The van der Waals surface area contributed by atoms with Crippen LogP contribution in [0.5, 0.6) is 11.5 Å². The van der Waals surface area contributed by atoms with Gasteiger partial charge in [-0.2, -0.15) is 0 Å². The first-order valence-electron chi connectivity index (χ1n) is 9.59. The summed E-state index contributed by atoms with van der Waals surface area (Å²) in [5.74, 6) is 2.49. The molecule has 0 saturated carbocycles. The summed E-state index contributed by atoms with van der Waals surface area (Å²) in [6.45, 7) is 5.42. The summed E-state index contributed by atoms with van der Waals surface area (Å²) in [5.41, 5.74) is 2.47. The van der Waals surface area contributed by atoms with Crippen molar-refractivity contribution in [3.63, 3.8) is 0 Å². The van der Waals surface area contributed by atoms with Gasteiger partial charge in [-0.25, -0.2) is 4.98 Å². The molecule has 0 bridgehead atoms. The number of carbonyl (C=O) groups is 1. The first kappa shape index (κ1) is 19.7. The number of nitrogens with zero attached hydrogens (tertiary/aromatic N) is 1. The van der Waals surface area contributed by atoms with Crippen LogP contribution in [0.15, 0.2) is 42.5 Å². The SMILES string of the molecule is COc1cc(C(=O)NCCc2nc3ccccc3[nH]2)ccc1OCCC(C)C. The van der Waals surface area contributed by atoms with Gasteiger partial charge in [-0.05, 0) is 42.7 Å². The van der Waals surface area contributed by atoms with Crippen molar-refractivity contribution in [2.45, 2.75) is 26.7 Å². The number of aromatic amines is 1. The molecule has 0 aliphatic rings. The standard InChI is InChI=1S/C22H27N3O3/c1-15(2)11-13-28-19-9-8-16(14-20(19)27-3)22(26)23-12-10-21-24-17-6-4-5-7-18(17)25-21/h4-9,14-15H,10-13H2,1-3H3,(H,23,26)(H,24,25). The van der Waals surface area contributed by atoms with Gasteiger partial charge in [0.05, 0.1) is 24.8 Å². The van der Waals surface area contributed by atoms with E-state index in [0.717, 1.165) is 23.3 Å². The molecule has 0 fully saturated rings. The highest BCUT2D eigenvalue weighted by Crippen LogP contribution is 2.28. The number of ether oxygens (including phenoxy) is 2. The largest absolute Gasteiger partial charge is 0.493 e. The molecule has 2 aromatic carbocycles. The predicted octanol–water partition coefficient (Wildman–Crippen LogP) is 3.97. The molecule has 0 unspecified atom stereocenters. The molecule has 6 nitrogen and oxygen atoms in total. The summed E-state index contributed by atoms with van der Waals surface area (Å²) < 4.78 is 11.2. The minimum absolute atomic E-state index is 0.150. The van der Waals surface area contributed by atoms with Crippen molar-refractivity contribution in [2.75, 3.05) is 20.3 Å². The maximum atomic E-state index is 12.5. The van der Waals surface area contributed by atoms with Crippen LogP contribution in [-0.2, 0) is 6.42 Å². The third-order valence-corrected chi connectivity index (χ3v) is 4.46. The van der Waals surface area contributed by atoms with Crippen molar-refractivity contribution in [2.24, 2.45) is 5.92 Å². The van der Waals surface area contributed by atoms with Crippen LogP contribution in [-0.4, -0.2) is 36.1 Å². The van der Waals surface area contributed by atoms with Gasteiger partial charge in [-0.1, -0.05) is 26.0 Å². The summed E-state index contributed by atoms with van der Waals surface area (Å²) in [6, 6.07) is 13.1. The normalized spacial score (nSPS) is 11.0. The number of methoxy groups -OCH3 is 1. The molecule has 0 spiro atoms. The molecular formula is C22H27N3O3. The van der Waals surface area contributed by atoms with Crippen molar-refractivity contribution >= 4 is 16.9 Å². The molecule has 3 aromatic rings. The lowest BCUT2D eigenvalue weighted by Gasteiger charge is -2.13. The number of nitrogens with one attached hydrogen (secondary N) is 2. The number of rotatable bonds is 9. The van der Waals surface area contributed by atoms with Crippen molar-refractivity contribution < 1.29 is 14.3 Å².